The van der Waals surface area contributed by atoms with Gasteiger partial charge in [0.1, 0.15) is 11.3 Å². The number of cyclic esters (lactones) is 1. The molecule has 6 rings (SSSR count). The first-order chi connectivity index (χ1) is 19.8. The van der Waals surface area contributed by atoms with Crippen LogP contribution in [0.4, 0.5) is 5.69 Å². The van der Waals surface area contributed by atoms with Crippen molar-refractivity contribution in [3.8, 4) is 34.5 Å². The van der Waals surface area contributed by atoms with E-state index in [0.29, 0.717) is 22.7 Å². The lowest BCUT2D eigenvalue weighted by molar-refractivity contribution is -0.141. The Balaban J connectivity index is 1.48. The van der Waals surface area contributed by atoms with Gasteiger partial charge in [-0.05, 0) is 60.0 Å². The van der Waals surface area contributed by atoms with Gasteiger partial charge >= 0.3 is 11.9 Å². The molecule has 3 N–H and O–H groups in total. The summed E-state index contributed by atoms with van der Waals surface area (Å²) in [4.78, 5) is 25.5. The summed E-state index contributed by atoms with van der Waals surface area (Å²) in [7, 11) is 2.89. The topological polar surface area (TPSA) is 142 Å². The minimum atomic E-state index is -0.621. The Morgan fingerprint density at radius 1 is 0.976 bits per heavy atom. The molecule has 0 saturated carbocycles. The molecule has 2 heterocycles. The van der Waals surface area contributed by atoms with E-state index in [9.17, 15) is 19.8 Å². The van der Waals surface area contributed by atoms with Crippen LogP contribution in [0.5, 0.6) is 34.5 Å². The molecule has 1 fully saturated rings. The number of nitrogens with one attached hydrogen (secondary N) is 1. The van der Waals surface area contributed by atoms with E-state index in [1.165, 1.54) is 26.4 Å². The Hall–Kier alpha value is -4.80. The summed E-state index contributed by atoms with van der Waals surface area (Å²) in [5, 5.41) is 24.6. The number of anilines is 1. The Kier molecular flexibility index (Phi) is 6.64. The first-order valence-electron chi connectivity index (χ1n) is 13.2. The molecule has 11 nitrogen and oxygen atoms in total. The molecule has 0 radical (unpaired) electrons. The Bertz CT molecular complexity index is 1510. The molecule has 0 aromatic heterocycles. The molecule has 2 aliphatic heterocycles. The summed E-state index contributed by atoms with van der Waals surface area (Å²) in [5.74, 6) is -1.23. The third kappa shape index (κ3) is 4.37. The summed E-state index contributed by atoms with van der Waals surface area (Å²) in [6, 6.07) is 11.3. The minimum Gasteiger partial charge on any atom is -0.507 e. The number of hydrogen-bond donors (Lipinski definition) is 3. The van der Waals surface area contributed by atoms with Gasteiger partial charge < -0.3 is 44.0 Å². The van der Waals surface area contributed by atoms with Crippen LogP contribution in [0.15, 0.2) is 42.5 Å². The number of carbonyl (C=O) groups is 2. The fraction of sp³-hybridized carbons (Fsp3) is 0.333. The second-order valence-corrected chi connectivity index (χ2v) is 9.98. The molecular formula is C30H29NO10. The second-order valence-electron chi connectivity index (χ2n) is 9.98. The molecule has 0 bridgehead atoms. The van der Waals surface area contributed by atoms with Crippen LogP contribution in [-0.2, 0) is 14.3 Å². The maximum absolute atomic E-state index is 13.3. The molecule has 214 valence electrons. The van der Waals surface area contributed by atoms with Crippen molar-refractivity contribution in [1.82, 2.24) is 0 Å². The number of fused-ring (bicyclic) bond motifs is 3. The van der Waals surface area contributed by atoms with E-state index in [1.54, 1.807) is 25.1 Å². The predicted octanol–water partition coefficient (Wildman–Crippen LogP) is 4.11. The molecule has 0 amide bonds. The number of phenolic OH excluding ortho intramolecular Hbond substituents is 2. The summed E-state index contributed by atoms with van der Waals surface area (Å²) in [6.45, 7) is 2.10. The van der Waals surface area contributed by atoms with Crippen LogP contribution >= 0.6 is 0 Å². The smallest absolute Gasteiger partial charge is 0.341 e. The Labute approximate surface area is 235 Å². The third-order valence-corrected chi connectivity index (χ3v) is 7.86. The fourth-order valence-corrected chi connectivity index (χ4v) is 6.02. The van der Waals surface area contributed by atoms with Gasteiger partial charge in [-0.25, -0.2) is 4.79 Å². The van der Waals surface area contributed by atoms with Gasteiger partial charge in [0.05, 0.1) is 39.4 Å². The van der Waals surface area contributed by atoms with Crippen LogP contribution in [0.3, 0.4) is 0 Å². The Morgan fingerprint density at radius 3 is 2.29 bits per heavy atom. The molecule has 3 aliphatic rings. The van der Waals surface area contributed by atoms with Crippen molar-refractivity contribution >= 4 is 17.6 Å². The zero-order valence-electron chi connectivity index (χ0n) is 22.6. The van der Waals surface area contributed by atoms with Crippen LogP contribution in [0.2, 0.25) is 0 Å². The number of ether oxygens (including phenoxy) is 6. The highest BCUT2D eigenvalue weighted by Crippen LogP contribution is 2.56. The Morgan fingerprint density at radius 2 is 1.66 bits per heavy atom. The van der Waals surface area contributed by atoms with Gasteiger partial charge in [-0.3, -0.25) is 4.79 Å². The summed E-state index contributed by atoms with van der Waals surface area (Å²) < 4.78 is 32.9. The van der Waals surface area contributed by atoms with Crippen molar-refractivity contribution in [3.05, 3.63) is 64.7 Å². The summed E-state index contributed by atoms with van der Waals surface area (Å²) in [6.07, 6.45) is 0. The van der Waals surface area contributed by atoms with Gasteiger partial charge in [-0.2, -0.15) is 0 Å². The number of benzene rings is 3. The second kappa shape index (κ2) is 10.3. The van der Waals surface area contributed by atoms with Crippen molar-refractivity contribution in [2.45, 2.75) is 18.9 Å². The summed E-state index contributed by atoms with van der Waals surface area (Å²) in [5.41, 5.74) is 2.93. The van der Waals surface area contributed by atoms with Gasteiger partial charge in [0.15, 0.2) is 23.0 Å². The van der Waals surface area contributed by atoms with Crippen molar-refractivity contribution < 1.29 is 48.2 Å². The molecular weight excluding hydrogens is 534 g/mol. The molecule has 3 aromatic rings. The van der Waals surface area contributed by atoms with E-state index < -0.39 is 23.8 Å². The molecule has 11 heteroatoms. The molecule has 1 saturated heterocycles. The van der Waals surface area contributed by atoms with Gasteiger partial charge in [0, 0.05) is 23.6 Å². The number of aromatic hydroxyl groups is 2. The van der Waals surface area contributed by atoms with E-state index >= 15 is 0 Å². The van der Waals surface area contributed by atoms with E-state index in [1.807, 2.05) is 12.1 Å². The number of phenols is 2. The van der Waals surface area contributed by atoms with E-state index in [2.05, 4.69) is 5.32 Å². The number of methoxy groups -OCH3 is 2. The van der Waals surface area contributed by atoms with Gasteiger partial charge in [0.25, 0.3) is 0 Å². The first-order valence-corrected chi connectivity index (χ1v) is 13.2. The lowest BCUT2D eigenvalue weighted by Gasteiger charge is -2.40. The van der Waals surface area contributed by atoms with E-state index in [-0.39, 0.29) is 60.5 Å². The summed E-state index contributed by atoms with van der Waals surface area (Å²) >= 11 is 0. The quantitative estimate of drug-likeness (QED) is 0.358. The zero-order valence-corrected chi connectivity index (χ0v) is 22.6. The number of hydrogen-bond acceptors (Lipinski definition) is 11. The van der Waals surface area contributed by atoms with Crippen LogP contribution in [0, 0.1) is 11.8 Å². The predicted molar refractivity (Wildman–Crippen MR) is 144 cm³/mol. The highest BCUT2D eigenvalue weighted by atomic mass is 16.7. The van der Waals surface area contributed by atoms with Crippen LogP contribution < -0.4 is 24.3 Å². The van der Waals surface area contributed by atoms with Crippen LogP contribution in [0.1, 0.15) is 45.9 Å². The van der Waals surface area contributed by atoms with Crippen molar-refractivity contribution in [3.63, 3.8) is 0 Å². The lowest BCUT2D eigenvalue weighted by atomic mass is 9.65. The molecule has 0 spiro atoms. The maximum Gasteiger partial charge on any atom is 0.341 e. The highest BCUT2D eigenvalue weighted by molar-refractivity contribution is 5.93. The highest BCUT2D eigenvalue weighted by Gasteiger charge is 2.52. The molecule has 41 heavy (non-hydrogen) atoms. The third-order valence-electron chi connectivity index (χ3n) is 7.86. The number of esters is 2. The lowest BCUT2D eigenvalue weighted by Crippen LogP contribution is -2.37. The van der Waals surface area contributed by atoms with Crippen molar-refractivity contribution in [2.75, 3.05) is 39.5 Å². The van der Waals surface area contributed by atoms with Crippen molar-refractivity contribution in [1.29, 1.82) is 0 Å². The monoisotopic (exact) mass is 563 g/mol. The van der Waals surface area contributed by atoms with Crippen LogP contribution in [-0.4, -0.2) is 56.4 Å². The normalized spacial score (nSPS) is 21.9. The van der Waals surface area contributed by atoms with Gasteiger partial charge in [-0.15, -0.1) is 0 Å². The van der Waals surface area contributed by atoms with E-state index in [0.717, 1.165) is 11.1 Å². The largest absolute Gasteiger partial charge is 0.507 e. The SMILES string of the molecule is CCOC(=O)c1ccc(N[C@@H]2c3cc4c(cc3[C@H](c3cc(OC)c(O)c(OC)c3)[C@H]3C(=O)OCC23)OCO4)cc1O. The molecule has 1 unspecified atom stereocenters. The minimum absolute atomic E-state index is 0.0531. The first kappa shape index (κ1) is 26.4. The standard InChI is InChI=1S/C30H29NO10/c1-4-38-29(34)16-6-5-15(9-20(16)32)31-27-18-11-22-21(40-13-41-22)10-17(18)25(26-19(27)12-39-30(26)35)14-7-23(36-2)28(33)24(8-14)37-3/h5-11,19,25-27,31-33H,4,12-13H2,1-3H3/t19?,25-,26-,27+/m0/s1. The van der Waals surface area contributed by atoms with E-state index in [4.69, 9.17) is 28.4 Å². The molecule has 1 aliphatic carbocycles. The van der Waals surface area contributed by atoms with Crippen molar-refractivity contribution in [2.24, 2.45) is 11.8 Å². The zero-order chi connectivity index (χ0) is 28.8. The average molecular weight is 564 g/mol. The molecule has 3 aromatic carbocycles. The maximum atomic E-state index is 13.3. The number of rotatable bonds is 7. The fourth-order valence-electron chi connectivity index (χ4n) is 6.02. The average Bonchev–Trinajstić information content (AvgIpc) is 3.58. The van der Waals surface area contributed by atoms with Gasteiger partial charge in [0.2, 0.25) is 12.5 Å². The van der Waals surface area contributed by atoms with Gasteiger partial charge in [-0.1, -0.05) is 0 Å². The number of carbonyl (C=O) groups excluding carboxylic acids is 2. The van der Waals surface area contributed by atoms with Crippen LogP contribution in [0.25, 0.3) is 0 Å². The molecule has 4 atom stereocenters.